The Bertz CT molecular complexity index is 599. The molecule has 0 atom stereocenters. The average molecular weight is 277 g/mol. The van der Waals surface area contributed by atoms with Gasteiger partial charge in [0.15, 0.2) is 11.6 Å². The van der Waals surface area contributed by atoms with E-state index in [9.17, 15) is 8.78 Å². The van der Waals surface area contributed by atoms with E-state index in [0.29, 0.717) is 18.7 Å². The van der Waals surface area contributed by atoms with E-state index in [2.05, 4.69) is 5.32 Å². The lowest BCUT2D eigenvalue weighted by atomic mass is 10.2. The maximum Gasteiger partial charge on any atom is 0.159 e. The molecule has 1 N–H and O–H groups in total. The summed E-state index contributed by atoms with van der Waals surface area (Å²) in [5.74, 6) is -0.910. The molecule has 0 radical (unpaired) electrons. The van der Waals surface area contributed by atoms with E-state index in [4.69, 9.17) is 4.74 Å². The van der Waals surface area contributed by atoms with Crippen LogP contribution in [0, 0.1) is 18.6 Å². The van der Waals surface area contributed by atoms with Gasteiger partial charge in [0.1, 0.15) is 5.75 Å². The molecule has 0 spiro atoms. The van der Waals surface area contributed by atoms with E-state index in [1.165, 1.54) is 6.07 Å². The molecule has 0 saturated carbocycles. The topological polar surface area (TPSA) is 21.3 Å². The average Bonchev–Trinajstić information content (AvgIpc) is 2.42. The second-order valence-corrected chi connectivity index (χ2v) is 4.53. The van der Waals surface area contributed by atoms with Crippen LogP contribution in [-0.2, 0) is 6.54 Å². The third-order valence-electron chi connectivity index (χ3n) is 2.90. The highest BCUT2D eigenvalue weighted by Crippen LogP contribution is 2.26. The molecule has 0 bridgehead atoms. The second-order valence-electron chi connectivity index (χ2n) is 4.53. The lowest BCUT2D eigenvalue weighted by Gasteiger charge is -2.13. The number of hydrogen-bond acceptors (Lipinski definition) is 2. The van der Waals surface area contributed by atoms with Crippen LogP contribution in [0.3, 0.4) is 0 Å². The van der Waals surface area contributed by atoms with Crippen molar-refractivity contribution in [3.8, 4) is 5.75 Å². The third kappa shape index (κ3) is 3.47. The zero-order valence-electron chi connectivity index (χ0n) is 11.5. The number of nitrogens with one attached hydrogen (secondary N) is 1. The van der Waals surface area contributed by atoms with Gasteiger partial charge >= 0.3 is 0 Å². The van der Waals surface area contributed by atoms with Crippen LogP contribution in [0.15, 0.2) is 36.4 Å². The summed E-state index contributed by atoms with van der Waals surface area (Å²) >= 11 is 0. The maximum absolute atomic E-state index is 13.1. The van der Waals surface area contributed by atoms with Crippen LogP contribution in [-0.4, -0.2) is 6.61 Å². The quantitative estimate of drug-likeness (QED) is 0.880. The Hall–Kier alpha value is -2.10. The Kier molecular flexibility index (Phi) is 4.56. The van der Waals surface area contributed by atoms with Crippen molar-refractivity contribution in [1.29, 1.82) is 0 Å². The number of ether oxygens (including phenoxy) is 1. The summed E-state index contributed by atoms with van der Waals surface area (Å²) in [7, 11) is 0. The van der Waals surface area contributed by atoms with Crippen molar-refractivity contribution in [1.82, 2.24) is 0 Å². The molecule has 2 rings (SSSR count). The maximum atomic E-state index is 13.1. The van der Waals surface area contributed by atoms with Crippen molar-refractivity contribution in [3.63, 3.8) is 0 Å². The highest BCUT2D eigenvalue weighted by Gasteiger charge is 2.05. The van der Waals surface area contributed by atoms with Gasteiger partial charge in [-0.25, -0.2) is 8.78 Å². The van der Waals surface area contributed by atoms with Gasteiger partial charge < -0.3 is 10.1 Å². The molecule has 0 aliphatic rings. The van der Waals surface area contributed by atoms with Gasteiger partial charge in [0.25, 0.3) is 0 Å². The lowest BCUT2D eigenvalue weighted by Crippen LogP contribution is -2.03. The predicted molar refractivity (Wildman–Crippen MR) is 76.0 cm³/mol. The third-order valence-corrected chi connectivity index (χ3v) is 2.90. The van der Waals surface area contributed by atoms with Crippen molar-refractivity contribution in [2.24, 2.45) is 0 Å². The van der Waals surface area contributed by atoms with E-state index in [1.807, 2.05) is 32.0 Å². The zero-order chi connectivity index (χ0) is 14.5. The normalized spacial score (nSPS) is 10.4. The Balaban J connectivity index is 2.11. The van der Waals surface area contributed by atoms with E-state index in [1.54, 1.807) is 6.07 Å². The summed E-state index contributed by atoms with van der Waals surface area (Å²) in [4.78, 5) is 0. The smallest absolute Gasteiger partial charge is 0.159 e. The number of benzene rings is 2. The fourth-order valence-electron chi connectivity index (χ4n) is 1.90. The largest absolute Gasteiger partial charge is 0.492 e. The van der Waals surface area contributed by atoms with Crippen LogP contribution in [0.4, 0.5) is 14.5 Å². The molecular weight excluding hydrogens is 260 g/mol. The summed E-state index contributed by atoms with van der Waals surface area (Å²) in [5.41, 5.74) is 2.61. The van der Waals surface area contributed by atoms with Crippen LogP contribution >= 0.6 is 0 Å². The molecule has 0 fully saturated rings. The van der Waals surface area contributed by atoms with Crippen LogP contribution in [0.5, 0.6) is 5.75 Å². The molecule has 4 heteroatoms. The number of anilines is 1. The first-order valence-corrected chi connectivity index (χ1v) is 6.51. The molecule has 2 aromatic carbocycles. The van der Waals surface area contributed by atoms with E-state index in [0.717, 1.165) is 23.1 Å². The molecular formula is C16H17F2NO. The van der Waals surface area contributed by atoms with Crippen molar-refractivity contribution in [3.05, 3.63) is 59.2 Å². The molecule has 0 aliphatic carbocycles. The molecule has 0 aromatic heterocycles. The molecule has 2 nitrogen and oxygen atoms in total. The van der Waals surface area contributed by atoms with E-state index >= 15 is 0 Å². The van der Waals surface area contributed by atoms with Gasteiger partial charge in [-0.1, -0.05) is 12.1 Å². The molecule has 106 valence electrons. The number of halogens is 2. The Morgan fingerprint density at radius 3 is 2.55 bits per heavy atom. The van der Waals surface area contributed by atoms with Gasteiger partial charge in [0.2, 0.25) is 0 Å². The SMILES string of the molecule is CCOc1cc(C)ccc1NCc1ccc(F)c(F)c1. The molecule has 20 heavy (non-hydrogen) atoms. The molecule has 0 aliphatic heterocycles. The van der Waals surface area contributed by atoms with Crippen molar-refractivity contribution >= 4 is 5.69 Å². The van der Waals surface area contributed by atoms with Gasteiger partial charge in [0, 0.05) is 6.54 Å². The minimum Gasteiger partial charge on any atom is -0.492 e. The zero-order valence-corrected chi connectivity index (χ0v) is 11.5. The van der Waals surface area contributed by atoms with Crippen LogP contribution in [0.1, 0.15) is 18.1 Å². The molecule has 2 aromatic rings. The van der Waals surface area contributed by atoms with Crippen molar-refractivity contribution in [2.75, 3.05) is 11.9 Å². The summed E-state index contributed by atoms with van der Waals surface area (Å²) in [5, 5.41) is 3.17. The van der Waals surface area contributed by atoms with Crippen molar-refractivity contribution in [2.45, 2.75) is 20.4 Å². The van der Waals surface area contributed by atoms with Gasteiger partial charge in [-0.2, -0.15) is 0 Å². The van der Waals surface area contributed by atoms with Crippen LogP contribution in [0.2, 0.25) is 0 Å². The highest BCUT2D eigenvalue weighted by molar-refractivity contribution is 5.57. The monoisotopic (exact) mass is 277 g/mol. The van der Waals surface area contributed by atoms with Gasteiger partial charge in [0.05, 0.1) is 12.3 Å². The molecule has 0 heterocycles. The Morgan fingerprint density at radius 2 is 1.85 bits per heavy atom. The summed E-state index contributed by atoms with van der Waals surface area (Å²) < 4.78 is 31.5. The summed E-state index contributed by atoms with van der Waals surface area (Å²) in [6.07, 6.45) is 0. The van der Waals surface area contributed by atoms with Crippen molar-refractivity contribution < 1.29 is 13.5 Å². The van der Waals surface area contributed by atoms with Gasteiger partial charge in [-0.15, -0.1) is 0 Å². The number of rotatable bonds is 5. The predicted octanol–water partition coefficient (Wildman–Crippen LogP) is 4.28. The van der Waals surface area contributed by atoms with E-state index in [-0.39, 0.29) is 0 Å². The minimum atomic E-state index is -0.835. The molecule has 0 amide bonds. The number of hydrogen-bond donors (Lipinski definition) is 1. The first-order valence-electron chi connectivity index (χ1n) is 6.51. The minimum absolute atomic E-state index is 0.403. The number of aryl methyl sites for hydroxylation is 1. The van der Waals surface area contributed by atoms with Crippen LogP contribution in [0.25, 0.3) is 0 Å². The molecule has 0 unspecified atom stereocenters. The fourth-order valence-corrected chi connectivity index (χ4v) is 1.90. The molecule has 0 saturated heterocycles. The van der Waals surface area contributed by atoms with Gasteiger partial charge in [-0.05, 0) is 49.2 Å². The first-order chi connectivity index (χ1) is 9.60. The second kappa shape index (κ2) is 6.37. The summed E-state index contributed by atoms with van der Waals surface area (Å²) in [6.45, 7) is 4.88. The Morgan fingerprint density at radius 1 is 1.05 bits per heavy atom. The first kappa shape index (κ1) is 14.3. The summed E-state index contributed by atoms with van der Waals surface area (Å²) in [6, 6.07) is 9.70. The van der Waals surface area contributed by atoms with E-state index < -0.39 is 11.6 Å². The fraction of sp³-hybridized carbons (Fsp3) is 0.250. The lowest BCUT2D eigenvalue weighted by molar-refractivity contribution is 0.341. The van der Waals surface area contributed by atoms with Crippen LogP contribution < -0.4 is 10.1 Å². The highest BCUT2D eigenvalue weighted by atomic mass is 19.2. The van der Waals surface area contributed by atoms with Gasteiger partial charge in [-0.3, -0.25) is 0 Å². The Labute approximate surface area is 117 Å². The standard InChI is InChI=1S/C16H17F2NO/c1-3-20-16-8-11(2)4-7-15(16)19-10-12-5-6-13(17)14(18)9-12/h4-9,19H,3,10H2,1-2H3.